The second-order valence-electron chi connectivity index (χ2n) is 5.12. The highest BCUT2D eigenvalue weighted by Crippen LogP contribution is 2.24. The molecule has 2 aromatic heterocycles. The van der Waals surface area contributed by atoms with E-state index in [0.29, 0.717) is 5.69 Å². The number of nitrogens with zero attached hydrogens (tertiary/aromatic N) is 2. The summed E-state index contributed by atoms with van der Waals surface area (Å²) < 4.78 is 1.38. The first-order valence-corrected chi connectivity index (χ1v) is 6.89. The van der Waals surface area contributed by atoms with Crippen molar-refractivity contribution in [3.8, 4) is 0 Å². The third kappa shape index (κ3) is 2.37. The maximum absolute atomic E-state index is 12.4. The maximum Gasteiger partial charge on any atom is 0.263 e. The normalized spacial score (nSPS) is 10.6. The molecule has 0 aliphatic carbocycles. The Morgan fingerprint density at radius 1 is 1.18 bits per heavy atom. The van der Waals surface area contributed by atoms with Crippen LogP contribution in [-0.2, 0) is 7.05 Å². The van der Waals surface area contributed by atoms with E-state index in [1.54, 1.807) is 25.5 Å². The number of nitrogens with one attached hydrogen (secondary N) is 1. The number of pyridine rings is 2. The second kappa shape index (κ2) is 5.44. The summed E-state index contributed by atoms with van der Waals surface area (Å²) in [4.78, 5) is 28.7. The Morgan fingerprint density at radius 3 is 2.82 bits per heavy atom. The van der Waals surface area contributed by atoms with Gasteiger partial charge in [-0.3, -0.25) is 14.6 Å². The van der Waals surface area contributed by atoms with Gasteiger partial charge in [0.1, 0.15) is 5.56 Å². The predicted octanol–water partition coefficient (Wildman–Crippen LogP) is 2.49. The van der Waals surface area contributed by atoms with Crippen LogP contribution in [-0.4, -0.2) is 15.5 Å². The molecule has 22 heavy (non-hydrogen) atoms. The molecule has 0 unspecified atom stereocenters. The van der Waals surface area contributed by atoms with Gasteiger partial charge in [-0.05, 0) is 42.8 Å². The molecule has 5 nitrogen and oxygen atoms in total. The van der Waals surface area contributed by atoms with Crippen molar-refractivity contribution < 1.29 is 4.79 Å². The number of aromatic nitrogens is 2. The fourth-order valence-electron chi connectivity index (χ4n) is 2.38. The van der Waals surface area contributed by atoms with Crippen molar-refractivity contribution in [1.82, 2.24) is 9.55 Å². The number of hydrogen-bond acceptors (Lipinski definition) is 3. The average molecular weight is 293 g/mol. The number of benzene rings is 1. The Bertz CT molecular complexity index is 929. The van der Waals surface area contributed by atoms with E-state index in [1.165, 1.54) is 10.6 Å². The molecule has 1 amide bonds. The molecule has 1 N–H and O–H groups in total. The van der Waals surface area contributed by atoms with Crippen molar-refractivity contribution in [3.63, 3.8) is 0 Å². The number of carbonyl (C=O) groups is 1. The molecule has 0 fully saturated rings. The molecule has 0 saturated carbocycles. The summed E-state index contributed by atoms with van der Waals surface area (Å²) in [6.45, 7) is 1.97. The van der Waals surface area contributed by atoms with Gasteiger partial charge in [0, 0.05) is 24.8 Å². The Morgan fingerprint density at radius 2 is 2.00 bits per heavy atom. The van der Waals surface area contributed by atoms with Gasteiger partial charge < -0.3 is 9.88 Å². The van der Waals surface area contributed by atoms with Crippen LogP contribution in [0, 0.1) is 6.92 Å². The van der Waals surface area contributed by atoms with E-state index < -0.39 is 5.91 Å². The molecular weight excluding hydrogens is 278 g/mol. The van der Waals surface area contributed by atoms with E-state index >= 15 is 0 Å². The minimum Gasteiger partial charge on any atom is -0.321 e. The van der Waals surface area contributed by atoms with Crippen molar-refractivity contribution in [2.45, 2.75) is 6.92 Å². The summed E-state index contributed by atoms with van der Waals surface area (Å²) in [6, 6.07) is 10.6. The van der Waals surface area contributed by atoms with Crippen LogP contribution in [0.1, 0.15) is 15.9 Å². The number of carbonyl (C=O) groups excluding carboxylic acids is 1. The average Bonchev–Trinajstić information content (AvgIpc) is 2.53. The topological polar surface area (TPSA) is 64.0 Å². The van der Waals surface area contributed by atoms with Gasteiger partial charge in [0.25, 0.3) is 11.5 Å². The minimum atomic E-state index is -0.421. The molecule has 0 aliphatic rings. The zero-order valence-electron chi connectivity index (χ0n) is 12.3. The van der Waals surface area contributed by atoms with Crippen LogP contribution in [0.15, 0.2) is 53.6 Å². The fourth-order valence-corrected chi connectivity index (χ4v) is 2.38. The Labute approximate surface area is 127 Å². The van der Waals surface area contributed by atoms with Crippen molar-refractivity contribution in [3.05, 3.63) is 70.3 Å². The Hall–Kier alpha value is -2.95. The van der Waals surface area contributed by atoms with Crippen LogP contribution in [0.25, 0.3) is 10.9 Å². The third-order valence-corrected chi connectivity index (χ3v) is 3.59. The first-order chi connectivity index (χ1) is 10.6. The highest BCUT2D eigenvalue weighted by molar-refractivity contribution is 6.08. The number of hydrogen-bond donors (Lipinski definition) is 1. The molecule has 0 bridgehead atoms. The lowest BCUT2D eigenvalue weighted by atomic mass is 10.1. The second-order valence-corrected chi connectivity index (χ2v) is 5.12. The lowest BCUT2D eigenvalue weighted by Crippen LogP contribution is -2.27. The molecule has 0 aliphatic heterocycles. The SMILES string of the molecule is Cc1ccc(NC(=O)c2cccn(C)c2=O)c2cccnc12. The molecule has 3 rings (SSSR count). The first kappa shape index (κ1) is 14.0. The van der Waals surface area contributed by atoms with Crippen molar-refractivity contribution in [2.75, 3.05) is 5.32 Å². The highest BCUT2D eigenvalue weighted by Gasteiger charge is 2.13. The monoisotopic (exact) mass is 293 g/mol. The van der Waals surface area contributed by atoms with Gasteiger partial charge in [0.2, 0.25) is 0 Å². The van der Waals surface area contributed by atoms with Crippen molar-refractivity contribution in [1.29, 1.82) is 0 Å². The quantitative estimate of drug-likeness (QED) is 0.789. The molecule has 1 aromatic carbocycles. The standard InChI is InChI=1S/C17H15N3O2/c1-11-7-8-14(12-5-3-9-18-15(11)12)19-16(21)13-6-4-10-20(2)17(13)22/h3-10H,1-2H3,(H,19,21). The number of aryl methyl sites for hydroxylation is 2. The van der Waals surface area contributed by atoms with E-state index in [1.807, 2.05) is 31.2 Å². The molecule has 3 aromatic rings. The van der Waals surface area contributed by atoms with Crippen LogP contribution in [0.3, 0.4) is 0 Å². The van der Waals surface area contributed by atoms with Crippen LogP contribution in [0.4, 0.5) is 5.69 Å². The van der Waals surface area contributed by atoms with Crippen LogP contribution in [0.2, 0.25) is 0 Å². The lowest BCUT2D eigenvalue weighted by Gasteiger charge is -2.10. The number of anilines is 1. The fraction of sp³-hybridized carbons (Fsp3) is 0.118. The van der Waals surface area contributed by atoms with Gasteiger partial charge in [0.15, 0.2) is 0 Å². The summed E-state index contributed by atoms with van der Waals surface area (Å²) >= 11 is 0. The van der Waals surface area contributed by atoms with Crippen molar-refractivity contribution in [2.24, 2.45) is 7.05 Å². The van der Waals surface area contributed by atoms with Gasteiger partial charge >= 0.3 is 0 Å². The largest absolute Gasteiger partial charge is 0.321 e. The summed E-state index contributed by atoms with van der Waals surface area (Å²) in [6.07, 6.45) is 3.33. The van der Waals surface area contributed by atoms with Crippen molar-refractivity contribution >= 4 is 22.5 Å². The molecular formula is C17H15N3O2. The lowest BCUT2D eigenvalue weighted by molar-refractivity contribution is 0.102. The smallest absolute Gasteiger partial charge is 0.263 e. The summed E-state index contributed by atoms with van der Waals surface area (Å²) in [5.41, 5.74) is 2.30. The number of rotatable bonds is 2. The van der Waals surface area contributed by atoms with E-state index in [-0.39, 0.29) is 11.1 Å². The van der Waals surface area contributed by atoms with Gasteiger partial charge in [0.05, 0.1) is 11.2 Å². The molecule has 0 atom stereocenters. The number of amides is 1. The van der Waals surface area contributed by atoms with E-state index in [0.717, 1.165) is 16.5 Å². The number of fused-ring (bicyclic) bond motifs is 1. The first-order valence-electron chi connectivity index (χ1n) is 6.89. The van der Waals surface area contributed by atoms with Crippen LogP contribution in [0.5, 0.6) is 0 Å². The van der Waals surface area contributed by atoms with Crippen LogP contribution >= 0.6 is 0 Å². The summed E-state index contributed by atoms with van der Waals surface area (Å²) in [5, 5.41) is 3.65. The Balaban J connectivity index is 2.04. The highest BCUT2D eigenvalue weighted by atomic mass is 16.2. The molecule has 2 heterocycles. The van der Waals surface area contributed by atoms with E-state index in [2.05, 4.69) is 10.3 Å². The van der Waals surface area contributed by atoms with E-state index in [9.17, 15) is 9.59 Å². The van der Waals surface area contributed by atoms with Gasteiger partial charge in [-0.2, -0.15) is 0 Å². The van der Waals surface area contributed by atoms with Gasteiger partial charge in [-0.1, -0.05) is 6.07 Å². The molecule has 0 spiro atoms. The summed E-state index contributed by atoms with van der Waals surface area (Å²) in [5.74, 6) is -0.421. The third-order valence-electron chi connectivity index (χ3n) is 3.59. The maximum atomic E-state index is 12.4. The Kier molecular flexibility index (Phi) is 3.47. The summed E-state index contributed by atoms with van der Waals surface area (Å²) in [7, 11) is 1.62. The zero-order chi connectivity index (χ0) is 15.7. The molecule has 0 saturated heterocycles. The zero-order valence-corrected chi connectivity index (χ0v) is 12.3. The van der Waals surface area contributed by atoms with E-state index in [4.69, 9.17) is 0 Å². The van der Waals surface area contributed by atoms with Gasteiger partial charge in [-0.25, -0.2) is 0 Å². The predicted molar refractivity (Wildman–Crippen MR) is 86.1 cm³/mol. The van der Waals surface area contributed by atoms with Gasteiger partial charge in [-0.15, -0.1) is 0 Å². The molecule has 110 valence electrons. The molecule has 0 radical (unpaired) electrons. The minimum absolute atomic E-state index is 0.114. The molecule has 5 heteroatoms. The van der Waals surface area contributed by atoms with Crippen LogP contribution < -0.4 is 10.9 Å².